The van der Waals surface area contributed by atoms with Crippen LogP contribution in [0, 0.1) is 11.3 Å². The lowest BCUT2D eigenvalue weighted by atomic mass is 9.57. The smallest absolute Gasteiger partial charge is 0.127 e. The van der Waals surface area contributed by atoms with Gasteiger partial charge in [0.1, 0.15) is 23.7 Å². The number of hydrogen-bond donors (Lipinski definition) is 1. The first-order chi connectivity index (χ1) is 13.5. The van der Waals surface area contributed by atoms with Crippen LogP contribution < -0.4 is 9.47 Å². The van der Waals surface area contributed by atoms with Gasteiger partial charge in [-0.2, -0.15) is 0 Å². The Bertz CT molecular complexity index is 809. The largest absolute Gasteiger partial charge is 0.489 e. The molecule has 3 atom stereocenters. The summed E-state index contributed by atoms with van der Waals surface area (Å²) in [6.45, 7) is 15.6. The van der Waals surface area contributed by atoms with Gasteiger partial charge in [-0.05, 0) is 89.0 Å². The Hall–Kier alpha value is -1.74. The van der Waals surface area contributed by atoms with E-state index in [9.17, 15) is 5.11 Å². The van der Waals surface area contributed by atoms with Crippen LogP contribution in [0.5, 0.6) is 11.5 Å². The molecule has 1 aromatic carbocycles. The van der Waals surface area contributed by atoms with Crippen molar-refractivity contribution < 1.29 is 14.6 Å². The van der Waals surface area contributed by atoms with E-state index < -0.39 is 0 Å². The van der Waals surface area contributed by atoms with Crippen molar-refractivity contribution in [1.82, 2.24) is 0 Å². The van der Waals surface area contributed by atoms with E-state index in [1.807, 2.05) is 0 Å². The lowest BCUT2D eigenvalue weighted by Crippen LogP contribution is -2.58. The van der Waals surface area contributed by atoms with E-state index >= 15 is 0 Å². The number of aliphatic hydroxyl groups excluding tert-OH is 1. The third-order valence-electron chi connectivity index (χ3n) is 6.88. The maximum Gasteiger partial charge on any atom is 0.127 e. The molecule has 1 aliphatic carbocycles. The molecule has 0 radical (unpaired) electrons. The fourth-order valence-electron chi connectivity index (χ4n) is 4.88. The van der Waals surface area contributed by atoms with Gasteiger partial charge in [-0.15, -0.1) is 0 Å². The van der Waals surface area contributed by atoms with Crippen LogP contribution in [0.1, 0.15) is 72.4 Å². The lowest BCUT2D eigenvalue weighted by Gasteiger charge is -2.55. The highest BCUT2D eigenvalue weighted by atomic mass is 16.5. The Labute approximate surface area is 176 Å². The summed E-state index contributed by atoms with van der Waals surface area (Å²) in [5, 5.41) is 10.6. The highest BCUT2D eigenvalue weighted by Gasteiger charge is 2.54. The Morgan fingerprint density at radius 2 is 1.83 bits per heavy atom. The van der Waals surface area contributed by atoms with Crippen LogP contribution >= 0.6 is 0 Å². The summed E-state index contributed by atoms with van der Waals surface area (Å²) >= 11 is 0. The number of benzene rings is 1. The van der Waals surface area contributed by atoms with Crippen molar-refractivity contribution in [2.24, 2.45) is 11.3 Å². The van der Waals surface area contributed by atoms with E-state index in [1.165, 1.54) is 22.3 Å². The van der Waals surface area contributed by atoms with Crippen molar-refractivity contribution in [2.75, 3.05) is 6.61 Å². The van der Waals surface area contributed by atoms with Crippen LogP contribution in [-0.2, 0) is 12.8 Å². The molecule has 1 N–H and O–H groups in total. The number of fused-ring (bicyclic) bond motifs is 2. The van der Waals surface area contributed by atoms with Crippen LogP contribution in [0.25, 0.3) is 0 Å². The molecule has 0 saturated heterocycles. The predicted octanol–water partition coefficient (Wildman–Crippen LogP) is 6.03. The van der Waals surface area contributed by atoms with Gasteiger partial charge in [-0.25, -0.2) is 0 Å². The molecule has 1 heterocycles. The second-order valence-corrected chi connectivity index (χ2v) is 10.2. The summed E-state index contributed by atoms with van der Waals surface area (Å²) in [7, 11) is 0. The van der Waals surface area contributed by atoms with Crippen LogP contribution in [0.2, 0.25) is 0 Å². The number of hydrogen-bond acceptors (Lipinski definition) is 3. The molecular formula is C26H38O3. The summed E-state index contributed by atoms with van der Waals surface area (Å²) in [4.78, 5) is 0. The van der Waals surface area contributed by atoms with Crippen molar-refractivity contribution in [1.29, 1.82) is 0 Å². The van der Waals surface area contributed by atoms with Gasteiger partial charge in [0.05, 0.1) is 6.10 Å². The Balaban J connectivity index is 1.98. The zero-order valence-corrected chi connectivity index (χ0v) is 19.3. The maximum absolute atomic E-state index is 10.6. The molecule has 0 bridgehead atoms. The predicted molar refractivity (Wildman–Crippen MR) is 120 cm³/mol. The number of ether oxygens (including phenoxy) is 2. The molecule has 160 valence electrons. The third-order valence-corrected chi connectivity index (χ3v) is 6.88. The van der Waals surface area contributed by atoms with Gasteiger partial charge in [0.25, 0.3) is 0 Å². The molecule has 0 amide bonds. The second kappa shape index (κ2) is 8.18. The number of allylic oxidation sites excluding steroid dienone is 3. The molecular weight excluding hydrogens is 360 g/mol. The van der Waals surface area contributed by atoms with E-state index in [0.29, 0.717) is 12.5 Å². The highest BCUT2D eigenvalue weighted by Crippen LogP contribution is 2.53. The molecule has 3 nitrogen and oxygen atoms in total. The van der Waals surface area contributed by atoms with E-state index in [-0.39, 0.29) is 17.1 Å². The Morgan fingerprint density at radius 1 is 1.14 bits per heavy atom. The maximum atomic E-state index is 10.6. The average Bonchev–Trinajstić information content (AvgIpc) is 2.62. The Kier molecular flexibility index (Phi) is 6.19. The van der Waals surface area contributed by atoms with Gasteiger partial charge < -0.3 is 14.6 Å². The van der Waals surface area contributed by atoms with E-state index in [0.717, 1.165) is 37.2 Å². The second-order valence-electron chi connectivity index (χ2n) is 10.2. The molecule has 0 aromatic heterocycles. The van der Waals surface area contributed by atoms with E-state index in [2.05, 4.69) is 72.8 Å². The molecule has 1 aliphatic heterocycles. The normalized spacial score (nSPS) is 27.2. The van der Waals surface area contributed by atoms with Gasteiger partial charge in [-0.3, -0.25) is 0 Å². The quantitative estimate of drug-likeness (QED) is 0.615. The van der Waals surface area contributed by atoms with Gasteiger partial charge >= 0.3 is 0 Å². The lowest BCUT2D eigenvalue weighted by molar-refractivity contribution is -0.137. The topological polar surface area (TPSA) is 38.7 Å². The molecule has 2 aliphatic rings. The fourth-order valence-corrected chi connectivity index (χ4v) is 4.88. The molecule has 3 heteroatoms. The molecule has 3 rings (SSSR count). The summed E-state index contributed by atoms with van der Waals surface area (Å²) in [6, 6.07) is 4.37. The monoisotopic (exact) mass is 398 g/mol. The van der Waals surface area contributed by atoms with E-state index in [1.54, 1.807) is 0 Å². The minimum absolute atomic E-state index is 0.163. The van der Waals surface area contributed by atoms with Gasteiger partial charge in [0, 0.05) is 12.0 Å². The highest BCUT2D eigenvalue weighted by molar-refractivity contribution is 5.49. The van der Waals surface area contributed by atoms with Crippen molar-refractivity contribution in [3.8, 4) is 11.5 Å². The third kappa shape index (κ3) is 4.55. The first-order valence-electron chi connectivity index (χ1n) is 11.0. The SMILES string of the molecule is CC(C)=CCOc1cc2c(cc1CC=C(C)C)C[C@@H]1C(C)(C)[C@H](O)CC[C@@]1(C)O2. The van der Waals surface area contributed by atoms with Crippen LogP contribution in [0.15, 0.2) is 35.4 Å². The minimum Gasteiger partial charge on any atom is -0.489 e. The first kappa shape index (κ1) is 22.0. The molecule has 1 saturated carbocycles. The van der Waals surface area contributed by atoms with Crippen molar-refractivity contribution in [3.05, 3.63) is 46.6 Å². The van der Waals surface area contributed by atoms with Crippen LogP contribution in [-0.4, -0.2) is 23.4 Å². The van der Waals surface area contributed by atoms with E-state index in [4.69, 9.17) is 9.47 Å². The van der Waals surface area contributed by atoms with Gasteiger partial charge in [-0.1, -0.05) is 31.1 Å². The zero-order chi connectivity index (χ0) is 21.4. The van der Waals surface area contributed by atoms with Crippen molar-refractivity contribution in [2.45, 2.75) is 85.9 Å². The van der Waals surface area contributed by atoms with Gasteiger partial charge in [0.15, 0.2) is 0 Å². The summed E-state index contributed by atoms with van der Waals surface area (Å²) in [5.74, 6) is 2.15. The number of aliphatic hydroxyl groups is 1. The zero-order valence-electron chi connectivity index (χ0n) is 19.3. The van der Waals surface area contributed by atoms with Crippen molar-refractivity contribution in [3.63, 3.8) is 0 Å². The standard InChI is InChI=1S/C26H38O3/c1-17(2)8-9-19-14-20-15-23-25(5,6)24(27)10-12-26(23,7)29-22(20)16-21(19)28-13-11-18(3)4/h8,11,14,16,23-24,27H,9-10,12-13,15H2,1-7H3/t23-,24-,26-/m1/s1. The van der Waals surface area contributed by atoms with Gasteiger partial charge in [0.2, 0.25) is 0 Å². The summed E-state index contributed by atoms with van der Waals surface area (Å²) in [5.41, 5.74) is 4.59. The fraction of sp³-hybridized carbons (Fsp3) is 0.615. The van der Waals surface area contributed by atoms with Crippen LogP contribution in [0.3, 0.4) is 0 Å². The number of rotatable bonds is 5. The average molecular weight is 399 g/mol. The summed E-state index contributed by atoms with van der Waals surface area (Å²) in [6.07, 6.45) is 7.54. The molecule has 0 spiro atoms. The molecule has 1 aromatic rings. The summed E-state index contributed by atoms with van der Waals surface area (Å²) < 4.78 is 12.8. The molecule has 1 fully saturated rings. The molecule has 29 heavy (non-hydrogen) atoms. The Morgan fingerprint density at radius 3 is 2.48 bits per heavy atom. The molecule has 0 unspecified atom stereocenters. The first-order valence-corrected chi connectivity index (χ1v) is 11.0. The minimum atomic E-state index is -0.275. The van der Waals surface area contributed by atoms with Crippen LogP contribution in [0.4, 0.5) is 0 Å². The van der Waals surface area contributed by atoms with Crippen molar-refractivity contribution >= 4 is 0 Å².